The van der Waals surface area contributed by atoms with E-state index in [0.29, 0.717) is 26.2 Å². The zero-order valence-electron chi connectivity index (χ0n) is 14.8. The van der Waals surface area contributed by atoms with Gasteiger partial charge in [0.15, 0.2) is 0 Å². The average Bonchev–Trinajstić information content (AvgIpc) is 2.98. The summed E-state index contributed by atoms with van der Waals surface area (Å²) in [6.07, 6.45) is 1.63. The van der Waals surface area contributed by atoms with Gasteiger partial charge in [0.1, 0.15) is 0 Å². The van der Waals surface area contributed by atoms with Crippen LogP contribution in [0.5, 0.6) is 0 Å². The summed E-state index contributed by atoms with van der Waals surface area (Å²) in [4.78, 5) is 6.23. The monoisotopic (exact) mass is 385 g/mol. The van der Waals surface area contributed by atoms with Crippen LogP contribution in [-0.2, 0) is 34.2 Å². The SMILES string of the molecule is CCS(=O)(=O)c1ncc(CN(C)Cc2ccccc2Cl)n1CCOC. The van der Waals surface area contributed by atoms with E-state index < -0.39 is 9.84 Å². The van der Waals surface area contributed by atoms with E-state index in [1.54, 1.807) is 24.8 Å². The van der Waals surface area contributed by atoms with Crippen LogP contribution >= 0.6 is 11.6 Å². The van der Waals surface area contributed by atoms with Crippen LogP contribution in [0.4, 0.5) is 0 Å². The first-order valence-corrected chi connectivity index (χ1v) is 10.1. The van der Waals surface area contributed by atoms with Gasteiger partial charge in [0.25, 0.3) is 0 Å². The van der Waals surface area contributed by atoms with Crippen LogP contribution in [0, 0.1) is 0 Å². The van der Waals surface area contributed by atoms with Gasteiger partial charge >= 0.3 is 0 Å². The van der Waals surface area contributed by atoms with Crippen LogP contribution in [0.15, 0.2) is 35.6 Å². The van der Waals surface area contributed by atoms with Crippen molar-refractivity contribution in [2.75, 3.05) is 26.5 Å². The summed E-state index contributed by atoms with van der Waals surface area (Å²) >= 11 is 6.21. The Bertz CT molecular complexity index is 805. The molecule has 0 unspecified atom stereocenters. The number of aromatic nitrogens is 2. The van der Waals surface area contributed by atoms with Gasteiger partial charge in [0.05, 0.1) is 24.3 Å². The highest BCUT2D eigenvalue weighted by molar-refractivity contribution is 7.91. The van der Waals surface area contributed by atoms with E-state index in [9.17, 15) is 8.42 Å². The molecule has 1 heterocycles. The molecule has 2 aromatic rings. The molecule has 0 aliphatic carbocycles. The predicted molar refractivity (Wildman–Crippen MR) is 98.5 cm³/mol. The Morgan fingerprint density at radius 3 is 2.64 bits per heavy atom. The average molecular weight is 386 g/mol. The quantitative estimate of drug-likeness (QED) is 0.663. The first-order chi connectivity index (χ1) is 11.9. The third kappa shape index (κ3) is 5.04. The molecule has 2 rings (SSSR count). The van der Waals surface area contributed by atoms with Gasteiger partial charge in [-0.2, -0.15) is 0 Å². The summed E-state index contributed by atoms with van der Waals surface area (Å²) in [6, 6.07) is 7.69. The van der Waals surface area contributed by atoms with Crippen LogP contribution in [0.2, 0.25) is 5.02 Å². The molecule has 0 saturated carbocycles. The van der Waals surface area contributed by atoms with Crippen LogP contribution < -0.4 is 0 Å². The molecule has 0 spiro atoms. The summed E-state index contributed by atoms with van der Waals surface area (Å²) in [7, 11) is 0.172. The molecule has 0 fully saturated rings. The molecular formula is C17H24ClN3O3S. The van der Waals surface area contributed by atoms with Crippen LogP contribution in [0.25, 0.3) is 0 Å². The highest BCUT2D eigenvalue weighted by atomic mass is 35.5. The van der Waals surface area contributed by atoms with Gasteiger partial charge < -0.3 is 9.30 Å². The Hall–Kier alpha value is -1.41. The molecule has 1 aromatic carbocycles. The fourth-order valence-electron chi connectivity index (χ4n) is 2.57. The Morgan fingerprint density at radius 2 is 2.00 bits per heavy atom. The first kappa shape index (κ1) is 19.9. The zero-order chi connectivity index (χ0) is 18.4. The van der Waals surface area contributed by atoms with E-state index >= 15 is 0 Å². The van der Waals surface area contributed by atoms with E-state index in [1.807, 2.05) is 31.3 Å². The Balaban J connectivity index is 2.22. The molecule has 0 aliphatic rings. The van der Waals surface area contributed by atoms with Gasteiger partial charge in [-0.3, -0.25) is 4.90 Å². The molecule has 0 N–H and O–H groups in total. The topological polar surface area (TPSA) is 64.4 Å². The fraction of sp³-hybridized carbons (Fsp3) is 0.471. The molecule has 138 valence electrons. The number of hydrogen-bond acceptors (Lipinski definition) is 5. The molecule has 0 aliphatic heterocycles. The lowest BCUT2D eigenvalue weighted by Crippen LogP contribution is -2.22. The van der Waals surface area contributed by atoms with E-state index in [4.69, 9.17) is 16.3 Å². The largest absolute Gasteiger partial charge is 0.383 e. The lowest BCUT2D eigenvalue weighted by molar-refractivity contribution is 0.182. The van der Waals surface area contributed by atoms with Crippen molar-refractivity contribution in [1.82, 2.24) is 14.5 Å². The van der Waals surface area contributed by atoms with Gasteiger partial charge in [-0.1, -0.05) is 36.7 Å². The van der Waals surface area contributed by atoms with Crippen LogP contribution in [0.1, 0.15) is 18.2 Å². The Kier molecular flexibility index (Phi) is 7.01. The van der Waals surface area contributed by atoms with Gasteiger partial charge in [-0.15, -0.1) is 0 Å². The van der Waals surface area contributed by atoms with Crippen molar-refractivity contribution in [2.45, 2.75) is 31.7 Å². The number of methoxy groups -OCH3 is 1. The van der Waals surface area contributed by atoms with Crippen molar-refractivity contribution >= 4 is 21.4 Å². The van der Waals surface area contributed by atoms with Crippen molar-refractivity contribution in [3.8, 4) is 0 Å². The van der Waals surface area contributed by atoms with Crippen molar-refractivity contribution in [3.05, 3.63) is 46.7 Å². The normalized spacial score (nSPS) is 12.0. The Labute approximate surface area is 154 Å². The number of nitrogens with zero attached hydrogens (tertiary/aromatic N) is 3. The van der Waals surface area contributed by atoms with Gasteiger partial charge in [-0.05, 0) is 18.7 Å². The molecule has 0 radical (unpaired) electrons. The zero-order valence-corrected chi connectivity index (χ0v) is 16.3. The maximum Gasteiger partial charge on any atom is 0.227 e. The number of imidazole rings is 1. The number of rotatable bonds is 9. The second kappa shape index (κ2) is 8.80. The number of hydrogen-bond donors (Lipinski definition) is 0. The maximum atomic E-state index is 12.3. The van der Waals surface area contributed by atoms with E-state index in [-0.39, 0.29) is 10.9 Å². The second-order valence-corrected chi connectivity index (χ2v) is 8.42. The minimum atomic E-state index is -3.38. The lowest BCUT2D eigenvalue weighted by atomic mass is 10.2. The molecule has 25 heavy (non-hydrogen) atoms. The molecule has 0 bridgehead atoms. The number of sulfone groups is 1. The van der Waals surface area contributed by atoms with Crippen molar-refractivity contribution in [2.24, 2.45) is 0 Å². The molecule has 0 atom stereocenters. The minimum absolute atomic E-state index is 0.0197. The number of benzene rings is 1. The highest BCUT2D eigenvalue weighted by Gasteiger charge is 2.22. The maximum absolute atomic E-state index is 12.3. The fourth-order valence-corrected chi connectivity index (χ4v) is 3.78. The molecular weight excluding hydrogens is 362 g/mol. The van der Waals surface area contributed by atoms with Crippen LogP contribution in [-0.4, -0.2) is 49.4 Å². The summed E-state index contributed by atoms with van der Waals surface area (Å²) in [5.74, 6) is 0.0197. The van der Waals surface area contributed by atoms with E-state index in [1.165, 1.54) is 0 Å². The van der Waals surface area contributed by atoms with E-state index in [0.717, 1.165) is 16.3 Å². The molecule has 8 heteroatoms. The minimum Gasteiger partial charge on any atom is -0.383 e. The molecule has 0 amide bonds. The number of ether oxygens (including phenoxy) is 1. The van der Waals surface area contributed by atoms with E-state index in [2.05, 4.69) is 9.88 Å². The van der Waals surface area contributed by atoms with Crippen molar-refractivity contribution < 1.29 is 13.2 Å². The summed E-state index contributed by atoms with van der Waals surface area (Å²) in [6.45, 7) is 3.70. The first-order valence-electron chi connectivity index (χ1n) is 8.07. The predicted octanol–water partition coefficient (Wildman–Crippen LogP) is 2.61. The summed E-state index contributed by atoms with van der Waals surface area (Å²) in [5, 5.41) is 0.824. The summed E-state index contributed by atoms with van der Waals surface area (Å²) < 4.78 is 31.4. The molecule has 6 nitrogen and oxygen atoms in total. The smallest absolute Gasteiger partial charge is 0.227 e. The van der Waals surface area contributed by atoms with Crippen LogP contribution in [0.3, 0.4) is 0 Å². The van der Waals surface area contributed by atoms with Gasteiger partial charge in [0, 0.05) is 31.8 Å². The van der Waals surface area contributed by atoms with Crippen molar-refractivity contribution in [3.63, 3.8) is 0 Å². The standard InChI is InChI=1S/C17H24ClN3O3S/c1-4-25(22,23)17-19-11-15(21(17)9-10-24-3)13-20(2)12-14-7-5-6-8-16(14)18/h5-8,11H,4,9-10,12-13H2,1-3H3. The van der Waals surface area contributed by atoms with Gasteiger partial charge in [0.2, 0.25) is 15.0 Å². The Morgan fingerprint density at radius 1 is 1.28 bits per heavy atom. The van der Waals surface area contributed by atoms with Gasteiger partial charge in [-0.25, -0.2) is 13.4 Å². The third-order valence-corrected chi connectivity index (χ3v) is 5.92. The highest BCUT2D eigenvalue weighted by Crippen LogP contribution is 2.19. The summed E-state index contributed by atoms with van der Waals surface area (Å²) in [5.41, 5.74) is 1.86. The second-order valence-electron chi connectivity index (χ2n) is 5.84. The molecule has 0 saturated heterocycles. The number of halogens is 1. The van der Waals surface area contributed by atoms with Crippen molar-refractivity contribution in [1.29, 1.82) is 0 Å². The molecule has 1 aromatic heterocycles. The lowest BCUT2D eigenvalue weighted by Gasteiger charge is -2.19. The third-order valence-electron chi connectivity index (χ3n) is 3.91.